The fourth-order valence-corrected chi connectivity index (χ4v) is 17.2. The van der Waals surface area contributed by atoms with Gasteiger partial charge in [-0.05, 0) is 141 Å². The first-order valence-electron chi connectivity index (χ1n) is 46.8. The Morgan fingerprint density at radius 2 is 0.645 bits per heavy atom. The van der Waals surface area contributed by atoms with Gasteiger partial charge < -0.3 is 133 Å². The predicted octanol–water partition coefficient (Wildman–Crippen LogP) is 0.641. The van der Waals surface area contributed by atoms with E-state index < -0.39 is 155 Å². The van der Waals surface area contributed by atoms with Crippen LogP contribution in [0.15, 0.2) is 152 Å². The zero-order valence-corrected chi connectivity index (χ0v) is 78.1. The van der Waals surface area contributed by atoms with Crippen LogP contribution >= 0.6 is 0 Å². The summed E-state index contributed by atoms with van der Waals surface area (Å²) >= 11 is 0. The lowest BCUT2D eigenvalue weighted by Gasteiger charge is -2.32. The average molecular weight is 1900 g/mol. The number of aromatic nitrogens is 3. The third kappa shape index (κ3) is 31.0. The Kier molecular flexibility index (Phi) is 39.2. The van der Waals surface area contributed by atoms with Gasteiger partial charge in [0.25, 0.3) is 0 Å². The molecule has 0 aliphatic carbocycles. The summed E-state index contributed by atoms with van der Waals surface area (Å²) in [4.78, 5) is 207. The quantitative estimate of drug-likeness (QED) is 0.0141. The molecule has 0 saturated carbocycles. The van der Waals surface area contributed by atoms with Crippen molar-refractivity contribution < 1.29 is 67.4 Å². The van der Waals surface area contributed by atoms with Crippen molar-refractivity contribution in [3.63, 3.8) is 0 Å². The number of nitrogens with one attached hydrogen (secondary N) is 21. The molecule has 10 rings (SSSR count). The maximum absolute atomic E-state index is 16.1. The zero-order chi connectivity index (χ0) is 99.6. The van der Waals surface area contributed by atoms with Crippen LogP contribution in [0.1, 0.15) is 139 Å². The number of aliphatic carboxylic acids is 1. The molecule has 740 valence electrons. The highest BCUT2D eigenvalue weighted by atomic mass is 16.4. The summed E-state index contributed by atoms with van der Waals surface area (Å²) < 4.78 is 0. The highest BCUT2D eigenvalue weighted by Crippen LogP contribution is 2.28. The summed E-state index contributed by atoms with van der Waals surface area (Å²) in [7, 11) is 0. The molecule has 0 unspecified atom stereocenters. The molecule has 2 fully saturated rings. The second-order valence-corrected chi connectivity index (χ2v) is 35.7. The monoisotopic (exact) mass is 1900 g/mol. The average Bonchev–Trinajstić information content (AvgIpc) is 1.65. The summed E-state index contributed by atoms with van der Waals surface area (Å²) in [5.41, 5.74) is 33.4. The molecule has 2 aliphatic rings. The molecule has 5 heterocycles. The Labute approximate surface area is 799 Å². The first-order chi connectivity index (χ1) is 66.1. The van der Waals surface area contributed by atoms with Gasteiger partial charge in [0.1, 0.15) is 72.5 Å². The lowest BCUT2D eigenvalue weighted by atomic mass is 9.99. The largest absolute Gasteiger partial charge is 0.480 e. The summed E-state index contributed by atoms with van der Waals surface area (Å²) in [6, 6.07) is 21.6. The van der Waals surface area contributed by atoms with Gasteiger partial charge in [0.15, 0.2) is 23.8 Å². The van der Waals surface area contributed by atoms with E-state index in [4.69, 9.17) is 50.3 Å². The third-order valence-electron chi connectivity index (χ3n) is 24.5. The number of nitrogens with zero attached hydrogens (tertiary/aromatic N) is 2. The number of carbonyl (C=O) groups excluding carboxylic acids is 12. The molecule has 2 aliphatic heterocycles. The van der Waals surface area contributed by atoms with Crippen LogP contribution < -0.4 is 103 Å². The van der Waals surface area contributed by atoms with E-state index >= 15 is 38.4 Å². The highest BCUT2D eigenvalue weighted by Gasteiger charge is 2.44. The molecule has 42 heteroatoms. The van der Waals surface area contributed by atoms with Gasteiger partial charge in [0.05, 0.1) is 6.04 Å². The second-order valence-electron chi connectivity index (χ2n) is 35.7. The summed E-state index contributed by atoms with van der Waals surface area (Å²) in [5.74, 6) is -12.7. The summed E-state index contributed by atoms with van der Waals surface area (Å²) in [6.45, 7) is 7.55. The molecule has 12 amide bonds. The van der Waals surface area contributed by atoms with Crippen LogP contribution in [0.3, 0.4) is 0 Å². The first kappa shape index (κ1) is 105. The molecule has 0 bridgehead atoms. The number of hydrogen-bond acceptors (Lipinski definition) is 18. The number of aromatic amines is 3. The van der Waals surface area contributed by atoms with E-state index in [2.05, 4.69) is 89.4 Å². The van der Waals surface area contributed by atoms with Gasteiger partial charge in [-0.25, -0.2) is 4.79 Å². The topological polar surface area (TPSA) is 690 Å². The molecular formula is C96H132N28O14. The number of likely N-dealkylation sites (tertiary alicyclic amines) is 2. The van der Waals surface area contributed by atoms with Crippen molar-refractivity contribution in [2.24, 2.45) is 40.5 Å². The molecule has 5 aromatic carbocycles. The standard InChI is InChI=1S/C96H132N28O14/c1-54(2)45-71(83(128)114-67(33-17-39-106-93(98)99)81(126)116-70(92(137)138)36-20-42-109-96(104)105)117-84(129)72(46-56-23-7-5-8-24-56)119-87(132)77-37-22-44-124(77)91(136)76(50-60-53-112-66-32-16-13-29-63(60)66)122-86(131)73(48-58-51-110-64-30-14-11-27-61(58)64)118-85(130)74(49-59-52-111-65-31-15-12-28-62(59)65)120-88(133)78-38-21-43-123(78)90(135)75(47-57-25-9-6-10-26-57)121-82(127)68(34-18-40-107-94(100)101)113-80(125)69(35-19-41-108-95(102)103)115-89(134)79(97)55(3)4/h5-16,23-32,51-55,67-79,110-112H,17-22,33-50,97H2,1-4H3,(H,113,125)(H,114,128)(H,115,134)(H,116,126)(H,117,129)(H,118,130)(H,119,132)(H,120,133)(H,121,127)(H,122,131)(H,137,138)(H4,98,99,106)(H4,100,101,107)(H4,102,103,108)(H4,104,105,109)/t67-,68-,69-,70-,71-,72-,73-,74-,75-,76-,77-,78-,79-/m0/s1. The molecule has 13 atom stereocenters. The van der Waals surface area contributed by atoms with Crippen molar-refractivity contribution in [1.82, 2.24) is 99.2 Å². The van der Waals surface area contributed by atoms with E-state index in [9.17, 15) is 29.1 Å². The minimum atomic E-state index is -1.55. The Morgan fingerprint density at radius 1 is 0.362 bits per heavy atom. The van der Waals surface area contributed by atoms with Crippen molar-refractivity contribution in [3.8, 4) is 0 Å². The van der Waals surface area contributed by atoms with Gasteiger partial charge >= 0.3 is 5.97 Å². The van der Waals surface area contributed by atoms with Crippen LogP contribution in [0.5, 0.6) is 0 Å². The number of H-pyrrole nitrogens is 3. The second kappa shape index (κ2) is 51.5. The maximum Gasteiger partial charge on any atom is 0.326 e. The lowest BCUT2D eigenvalue weighted by molar-refractivity contribution is -0.143. The number of carboxylic acid groups (broad SMARTS) is 1. The van der Waals surface area contributed by atoms with E-state index in [1.54, 1.807) is 119 Å². The fraction of sp³-hybridized carbons (Fsp3) is 0.448. The van der Waals surface area contributed by atoms with Crippen molar-refractivity contribution in [3.05, 3.63) is 180 Å². The Bertz CT molecular complexity index is 5590. The van der Waals surface area contributed by atoms with Gasteiger partial charge in [0.2, 0.25) is 70.9 Å². The Morgan fingerprint density at radius 3 is 1.01 bits per heavy atom. The Balaban J connectivity index is 0.934. The highest BCUT2D eigenvalue weighted by molar-refractivity contribution is 6.02. The molecule has 2 saturated heterocycles. The van der Waals surface area contributed by atoms with E-state index in [1.165, 1.54) is 9.80 Å². The normalized spacial score (nSPS) is 15.9. The lowest BCUT2D eigenvalue weighted by Crippen LogP contribution is -2.61. The van der Waals surface area contributed by atoms with Gasteiger partial charge in [0, 0.05) is 123 Å². The molecule has 42 nitrogen and oxygen atoms in total. The van der Waals surface area contributed by atoms with Crippen LogP contribution in [0.4, 0.5) is 0 Å². The molecule has 0 spiro atoms. The number of amides is 12. The zero-order valence-electron chi connectivity index (χ0n) is 78.1. The Hall–Kier alpha value is -15.1. The number of rotatable bonds is 52. The smallest absolute Gasteiger partial charge is 0.326 e. The van der Waals surface area contributed by atoms with Gasteiger partial charge in [-0.2, -0.15) is 0 Å². The van der Waals surface area contributed by atoms with Gasteiger partial charge in [-0.15, -0.1) is 0 Å². The van der Waals surface area contributed by atoms with Crippen molar-refractivity contribution in [2.75, 3.05) is 39.3 Å². The first-order valence-corrected chi connectivity index (χ1v) is 46.8. The van der Waals surface area contributed by atoms with Crippen LogP contribution in [-0.4, -0.2) is 248 Å². The molecule has 32 N–H and O–H groups in total. The van der Waals surface area contributed by atoms with Crippen LogP contribution in [0, 0.1) is 33.5 Å². The van der Waals surface area contributed by atoms with Crippen LogP contribution in [0.25, 0.3) is 32.7 Å². The number of carbonyl (C=O) groups is 13. The fourth-order valence-electron chi connectivity index (χ4n) is 17.2. The summed E-state index contributed by atoms with van der Waals surface area (Å²) in [5, 5.41) is 81.8. The van der Waals surface area contributed by atoms with E-state index in [-0.39, 0.29) is 191 Å². The van der Waals surface area contributed by atoms with Crippen molar-refractivity contribution in [1.29, 1.82) is 21.6 Å². The van der Waals surface area contributed by atoms with E-state index in [0.29, 0.717) is 60.5 Å². The van der Waals surface area contributed by atoms with Crippen LogP contribution in [0.2, 0.25) is 0 Å². The molecular weight excluding hydrogens is 1770 g/mol. The number of hydrogen-bond donors (Lipinski definition) is 27. The van der Waals surface area contributed by atoms with Crippen molar-refractivity contribution >= 4 is 133 Å². The number of guanidine groups is 4. The van der Waals surface area contributed by atoms with Gasteiger partial charge in [-0.1, -0.05) is 143 Å². The van der Waals surface area contributed by atoms with E-state index in [1.807, 2.05) is 60.7 Å². The summed E-state index contributed by atoms with van der Waals surface area (Å²) in [6.07, 6.45) is 5.53. The predicted molar refractivity (Wildman–Crippen MR) is 522 cm³/mol. The minimum Gasteiger partial charge on any atom is -0.480 e. The maximum atomic E-state index is 16.1. The van der Waals surface area contributed by atoms with E-state index in [0.717, 1.165) is 0 Å². The number of para-hydroxylation sites is 3. The SMILES string of the molecule is CC(C)C[C@H](NC(=O)[C@H](Cc1ccccc1)NC(=O)[C@@H]1CCCN1C(=O)[C@H](Cc1c[nH]c2ccccc12)NC(=O)[C@H](Cc1c[nH]c2ccccc12)NC(=O)[C@H](Cc1c[nH]c2ccccc12)NC(=O)[C@@H]1CCCN1C(=O)[C@H](Cc1ccccc1)NC(=O)[C@H](CCCNC(=N)N)NC(=O)[C@H](CCCNC(=N)N)NC(=O)[C@@H](N)C(C)C)C(=O)N[C@@H](CCCNC(=N)N)C(=O)N[C@@H](CCCNC(=N)N)C(=O)O. The van der Waals surface area contributed by atoms with Crippen molar-refractivity contribution in [2.45, 2.75) is 222 Å². The number of carboxylic acids is 1. The molecule has 8 aromatic rings. The number of benzene rings is 5. The number of nitrogens with two attached hydrogens (primary N) is 5. The molecule has 138 heavy (non-hydrogen) atoms. The van der Waals surface area contributed by atoms with Crippen LogP contribution in [-0.2, 0) is 94.4 Å². The third-order valence-corrected chi connectivity index (χ3v) is 24.5. The minimum absolute atomic E-state index is 0.00422. The number of fused-ring (bicyclic) bond motifs is 3. The molecule has 0 radical (unpaired) electrons. The molecule has 3 aromatic heterocycles. The van der Waals surface area contributed by atoms with Gasteiger partial charge in [-0.3, -0.25) is 79.2 Å².